The van der Waals surface area contributed by atoms with Crippen molar-refractivity contribution in [3.8, 4) is 23.0 Å². The number of amides is 1. The number of benzene rings is 2. The number of hydrogen-bond donors (Lipinski definition) is 1. The van der Waals surface area contributed by atoms with Gasteiger partial charge >= 0.3 is 6.01 Å². The van der Waals surface area contributed by atoms with E-state index in [-0.39, 0.29) is 17.5 Å². The van der Waals surface area contributed by atoms with E-state index in [1.807, 2.05) is 13.8 Å². The number of non-ortho nitro benzene ring substituents is 2. The van der Waals surface area contributed by atoms with Crippen molar-refractivity contribution in [2.24, 2.45) is 0 Å². The zero-order chi connectivity index (χ0) is 23.3. The summed E-state index contributed by atoms with van der Waals surface area (Å²) >= 11 is 0. The number of ether oxygens (including phenoxy) is 2. The minimum Gasteiger partial charge on any atom is -0.490 e. The van der Waals surface area contributed by atoms with Crippen LogP contribution >= 0.6 is 0 Å². The number of nitrogens with zero attached hydrogens (tertiary/aromatic N) is 4. The van der Waals surface area contributed by atoms with E-state index in [2.05, 4.69) is 15.5 Å². The number of nitro benzene ring substituents is 2. The molecule has 0 fully saturated rings. The second-order valence-electron chi connectivity index (χ2n) is 6.15. The first-order valence-corrected chi connectivity index (χ1v) is 9.31. The molecule has 1 amide bonds. The van der Waals surface area contributed by atoms with Crippen molar-refractivity contribution >= 4 is 23.3 Å². The number of rotatable bonds is 9. The molecular formula is C19H17N5O8. The lowest BCUT2D eigenvalue weighted by Crippen LogP contribution is -2.13. The van der Waals surface area contributed by atoms with Gasteiger partial charge in [-0.3, -0.25) is 30.3 Å². The molecule has 0 aliphatic heterocycles. The second kappa shape index (κ2) is 9.51. The zero-order valence-corrected chi connectivity index (χ0v) is 16.9. The van der Waals surface area contributed by atoms with Crippen molar-refractivity contribution in [3.05, 3.63) is 62.2 Å². The van der Waals surface area contributed by atoms with Gasteiger partial charge in [0.2, 0.25) is 5.89 Å². The Morgan fingerprint density at radius 3 is 2.19 bits per heavy atom. The van der Waals surface area contributed by atoms with E-state index in [4.69, 9.17) is 13.9 Å². The highest BCUT2D eigenvalue weighted by Gasteiger charge is 2.21. The van der Waals surface area contributed by atoms with Crippen LogP contribution < -0.4 is 14.8 Å². The minimum atomic E-state index is -0.895. The lowest BCUT2D eigenvalue weighted by Gasteiger charge is -2.11. The average Bonchev–Trinajstić information content (AvgIpc) is 3.23. The lowest BCUT2D eigenvalue weighted by molar-refractivity contribution is -0.394. The number of nitrogens with one attached hydrogen (secondary N) is 1. The number of anilines is 1. The van der Waals surface area contributed by atoms with Crippen molar-refractivity contribution in [2.45, 2.75) is 13.8 Å². The largest absolute Gasteiger partial charge is 0.490 e. The fourth-order valence-corrected chi connectivity index (χ4v) is 2.68. The van der Waals surface area contributed by atoms with E-state index >= 15 is 0 Å². The second-order valence-corrected chi connectivity index (χ2v) is 6.15. The van der Waals surface area contributed by atoms with Gasteiger partial charge in [0.25, 0.3) is 17.3 Å². The van der Waals surface area contributed by atoms with Crippen LogP contribution in [-0.4, -0.2) is 39.2 Å². The maximum Gasteiger partial charge on any atom is 0.322 e. The van der Waals surface area contributed by atoms with E-state index in [1.54, 1.807) is 18.2 Å². The standard InChI is InChI=1S/C19H17N5O8/c1-3-30-15-6-5-11(9-16(15)31-4-2)18-21-22-19(32-18)20-17(25)12-7-13(23(26)27)10-14(8-12)24(28)29/h5-10H,3-4H2,1-2H3,(H,20,22,25). The van der Waals surface area contributed by atoms with Crippen LogP contribution in [0.1, 0.15) is 24.2 Å². The van der Waals surface area contributed by atoms with Crippen LogP contribution in [0, 0.1) is 20.2 Å². The van der Waals surface area contributed by atoms with Gasteiger partial charge in [-0.2, -0.15) is 0 Å². The molecule has 0 radical (unpaired) electrons. The van der Waals surface area contributed by atoms with Crippen LogP contribution in [0.3, 0.4) is 0 Å². The molecule has 3 aromatic rings. The molecule has 0 saturated heterocycles. The third-order valence-electron chi connectivity index (χ3n) is 4.02. The van der Waals surface area contributed by atoms with Crippen LogP contribution in [0.2, 0.25) is 0 Å². The molecule has 1 heterocycles. The molecule has 0 bridgehead atoms. The molecule has 2 aromatic carbocycles. The SMILES string of the molecule is CCOc1ccc(-c2nnc(NC(=O)c3cc([N+](=O)[O-])cc([N+](=O)[O-])c3)o2)cc1OCC. The summed E-state index contributed by atoms with van der Waals surface area (Å²) in [5.74, 6) is 0.181. The van der Waals surface area contributed by atoms with Gasteiger partial charge in [-0.05, 0) is 32.0 Å². The maximum absolute atomic E-state index is 12.4. The monoisotopic (exact) mass is 443 g/mol. The summed E-state index contributed by atoms with van der Waals surface area (Å²) in [5.41, 5.74) is -1.02. The Balaban J connectivity index is 1.84. The van der Waals surface area contributed by atoms with Crippen molar-refractivity contribution in [1.29, 1.82) is 0 Å². The Morgan fingerprint density at radius 2 is 1.59 bits per heavy atom. The van der Waals surface area contributed by atoms with E-state index in [9.17, 15) is 25.0 Å². The van der Waals surface area contributed by atoms with Crippen LogP contribution in [0.5, 0.6) is 11.5 Å². The molecule has 0 unspecified atom stereocenters. The quantitative estimate of drug-likeness (QED) is 0.380. The molecule has 0 aliphatic carbocycles. The van der Waals surface area contributed by atoms with Gasteiger partial charge in [-0.15, -0.1) is 5.10 Å². The Hall–Kier alpha value is -4.55. The molecule has 32 heavy (non-hydrogen) atoms. The first kappa shape index (κ1) is 22.1. The van der Waals surface area contributed by atoms with Gasteiger partial charge in [-0.1, -0.05) is 5.10 Å². The van der Waals surface area contributed by atoms with Crippen molar-refractivity contribution in [1.82, 2.24) is 10.2 Å². The molecule has 13 heteroatoms. The molecule has 0 spiro atoms. The summed E-state index contributed by atoms with van der Waals surface area (Å²) in [7, 11) is 0. The summed E-state index contributed by atoms with van der Waals surface area (Å²) in [5, 5.41) is 31.8. The lowest BCUT2D eigenvalue weighted by atomic mass is 10.1. The number of carbonyl (C=O) groups is 1. The third kappa shape index (κ3) is 4.95. The van der Waals surface area contributed by atoms with Crippen molar-refractivity contribution < 1.29 is 28.5 Å². The van der Waals surface area contributed by atoms with Gasteiger partial charge in [-0.25, -0.2) is 0 Å². The fraction of sp³-hybridized carbons (Fsp3) is 0.211. The zero-order valence-electron chi connectivity index (χ0n) is 16.9. The first-order chi connectivity index (χ1) is 15.3. The molecule has 3 rings (SSSR count). The maximum atomic E-state index is 12.4. The highest BCUT2D eigenvalue weighted by molar-refractivity contribution is 6.04. The minimum absolute atomic E-state index is 0.0642. The smallest absolute Gasteiger partial charge is 0.322 e. The van der Waals surface area contributed by atoms with E-state index < -0.39 is 27.1 Å². The number of hydrogen-bond acceptors (Lipinski definition) is 10. The number of carbonyl (C=O) groups excluding carboxylic acids is 1. The van der Waals surface area contributed by atoms with Gasteiger partial charge in [0.15, 0.2) is 11.5 Å². The van der Waals surface area contributed by atoms with Gasteiger partial charge < -0.3 is 13.9 Å². The number of nitro groups is 2. The molecule has 0 saturated carbocycles. The van der Waals surface area contributed by atoms with Crippen molar-refractivity contribution in [2.75, 3.05) is 18.5 Å². The van der Waals surface area contributed by atoms with Gasteiger partial charge in [0, 0.05) is 17.7 Å². The normalized spacial score (nSPS) is 10.4. The molecule has 1 N–H and O–H groups in total. The van der Waals surface area contributed by atoms with Crippen molar-refractivity contribution in [3.63, 3.8) is 0 Å². The summed E-state index contributed by atoms with van der Waals surface area (Å²) in [6, 6.07) is 7.23. The Labute approximate surface area is 180 Å². The number of aromatic nitrogens is 2. The molecular weight excluding hydrogens is 426 g/mol. The van der Waals surface area contributed by atoms with E-state index in [1.165, 1.54) is 0 Å². The summed E-state index contributed by atoms with van der Waals surface area (Å²) in [6.45, 7) is 4.52. The third-order valence-corrected chi connectivity index (χ3v) is 4.02. The first-order valence-electron chi connectivity index (χ1n) is 9.31. The van der Waals surface area contributed by atoms with Crippen LogP contribution in [0.4, 0.5) is 17.4 Å². The van der Waals surface area contributed by atoms with Gasteiger partial charge in [0.05, 0.1) is 34.7 Å². The molecule has 166 valence electrons. The fourth-order valence-electron chi connectivity index (χ4n) is 2.68. The Bertz CT molecular complexity index is 1140. The Morgan fingerprint density at radius 1 is 0.969 bits per heavy atom. The van der Waals surface area contributed by atoms with Crippen LogP contribution in [0.15, 0.2) is 40.8 Å². The van der Waals surface area contributed by atoms with Crippen LogP contribution in [0.25, 0.3) is 11.5 Å². The topological polar surface area (TPSA) is 173 Å². The van der Waals surface area contributed by atoms with Gasteiger partial charge in [0.1, 0.15) is 0 Å². The predicted octanol–water partition coefficient (Wildman–Crippen LogP) is 3.60. The highest BCUT2D eigenvalue weighted by Crippen LogP contribution is 2.33. The highest BCUT2D eigenvalue weighted by atomic mass is 16.6. The van der Waals surface area contributed by atoms with E-state index in [0.29, 0.717) is 30.3 Å². The molecule has 0 aliphatic rings. The molecule has 0 atom stereocenters. The van der Waals surface area contributed by atoms with Crippen LogP contribution in [-0.2, 0) is 0 Å². The summed E-state index contributed by atoms with van der Waals surface area (Å²) < 4.78 is 16.5. The average molecular weight is 443 g/mol. The summed E-state index contributed by atoms with van der Waals surface area (Å²) in [6.07, 6.45) is 0. The molecule has 1 aromatic heterocycles. The summed E-state index contributed by atoms with van der Waals surface area (Å²) in [4.78, 5) is 32.8. The van der Waals surface area contributed by atoms with E-state index in [0.717, 1.165) is 18.2 Å². The Kier molecular flexibility index (Phi) is 6.58. The molecule has 13 nitrogen and oxygen atoms in total. The predicted molar refractivity (Wildman–Crippen MR) is 110 cm³/mol.